The van der Waals surface area contributed by atoms with Gasteiger partial charge in [0.1, 0.15) is 0 Å². The molecule has 0 amide bonds. The monoisotopic (exact) mass is 287 g/mol. The van der Waals surface area contributed by atoms with E-state index in [0.717, 1.165) is 4.22 Å². The Kier molecular flexibility index (Phi) is 20.0. The first-order valence-corrected chi connectivity index (χ1v) is 6.53. The van der Waals surface area contributed by atoms with Crippen LogP contribution in [0.4, 0.5) is 0 Å². The van der Waals surface area contributed by atoms with Gasteiger partial charge in [-0.15, -0.1) is 0 Å². The van der Waals surface area contributed by atoms with Crippen LogP contribution in [0, 0.1) is 0 Å². The van der Waals surface area contributed by atoms with Crippen LogP contribution in [-0.2, 0) is 25.2 Å². The summed E-state index contributed by atoms with van der Waals surface area (Å²) in [6.07, 6.45) is 1.06. The molecule has 0 fully saturated rings. The van der Waals surface area contributed by atoms with Crippen molar-refractivity contribution in [3.05, 3.63) is 0 Å². The van der Waals surface area contributed by atoms with Crippen molar-refractivity contribution in [1.29, 1.82) is 0 Å². The molecule has 1 atom stereocenters. The molecule has 0 saturated carbocycles. The molecule has 0 rings (SSSR count). The number of hydrogen-bond donors (Lipinski definition) is 1. The molecule has 0 heterocycles. The summed E-state index contributed by atoms with van der Waals surface area (Å²) in [4.78, 5) is 0. The van der Waals surface area contributed by atoms with E-state index in [1.54, 1.807) is 13.8 Å². The van der Waals surface area contributed by atoms with Crippen LogP contribution in [0.3, 0.4) is 0 Å². The maximum atomic E-state index is 9.42. The Labute approximate surface area is 118 Å². The van der Waals surface area contributed by atoms with Crippen LogP contribution in [0.5, 0.6) is 0 Å². The zero-order valence-electron chi connectivity index (χ0n) is 12.3. The SMILES string of the molecule is CC(C)OC(C)CC(C)(C)O.C[CH](C)[Ti].O.O. The van der Waals surface area contributed by atoms with Crippen molar-refractivity contribution in [2.24, 2.45) is 0 Å². The number of rotatable bonds is 4. The van der Waals surface area contributed by atoms with E-state index < -0.39 is 5.60 Å². The maximum absolute atomic E-state index is 9.42. The average Bonchev–Trinajstić information content (AvgIpc) is 1.76. The van der Waals surface area contributed by atoms with Crippen LogP contribution in [0.1, 0.15) is 54.9 Å². The molecular weight excluding hydrogens is 256 g/mol. The van der Waals surface area contributed by atoms with E-state index in [9.17, 15) is 5.11 Å². The molecule has 0 aromatic heterocycles. The van der Waals surface area contributed by atoms with Crippen LogP contribution >= 0.6 is 0 Å². The zero-order valence-corrected chi connectivity index (χ0v) is 13.9. The largest absolute Gasteiger partial charge is 0.412 e. The third kappa shape index (κ3) is 38.4. The van der Waals surface area contributed by atoms with Gasteiger partial charge >= 0.3 is 38.5 Å². The predicted molar refractivity (Wildman–Crippen MR) is 68.9 cm³/mol. The first kappa shape index (κ1) is 26.2. The summed E-state index contributed by atoms with van der Waals surface area (Å²) in [6, 6.07) is 0. The fourth-order valence-electron chi connectivity index (χ4n) is 1.22. The minimum absolute atomic E-state index is 0. The fraction of sp³-hybridized carbons (Fsp3) is 1.00. The summed E-state index contributed by atoms with van der Waals surface area (Å²) in [7, 11) is 0. The Bertz CT molecular complexity index is 141. The van der Waals surface area contributed by atoms with Crippen molar-refractivity contribution < 1.29 is 41.2 Å². The molecule has 0 aliphatic rings. The Hall–Kier alpha value is 0.554. The zero-order chi connectivity index (χ0) is 12.6. The topological polar surface area (TPSA) is 92.5 Å². The van der Waals surface area contributed by atoms with Gasteiger partial charge in [-0.1, -0.05) is 0 Å². The van der Waals surface area contributed by atoms with Gasteiger partial charge in [-0.3, -0.25) is 0 Å². The van der Waals surface area contributed by atoms with Crippen molar-refractivity contribution in [3.63, 3.8) is 0 Å². The molecule has 0 bridgehead atoms. The maximum Gasteiger partial charge on any atom is -0.412 e. The summed E-state index contributed by atoms with van der Waals surface area (Å²) < 4.78 is 6.30. The van der Waals surface area contributed by atoms with E-state index in [0.29, 0.717) is 6.42 Å². The molecule has 107 valence electrons. The summed E-state index contributed by atoms with van der Waals surface area (Å²) in [5, 5.41) is 9.42. The molecule has 0 spiro atoms. The number of aliphatic hydroxyl groups is 1. The predicted octanol–water partition coefficient (Wildman–Crippen LogP) is 1.67. The number of hydrogen-bond acceptors (Lipinski definition) is 2. The summed E-state index contributed by atoms with van der Waals surface area (Å²) in [6.45, 7) is 13.9. The first-order valence-electron chi connectivity index (χ1n) is 5.63. The number of ether oxygens (including phenoxy) is 1. The first-order chi connectivity index (χ1) is 6.54. The molecule has 0 aliphatic heterocycles. The van der Waals surface area contributed by atoms with Crippen molar-refractivity contribution >= 4 is 0 Å². The minimum Gasteiger partial charge on any atom is -0.412 e. The van der Waals surface area contributed by atoms with Crippen molar-refractivity contribution in [1.82, 2.24) is 0 Å². The van der Waals surface area contributed by atoms with Crippen LogP contribution in [0.25, 0.3) is 0 Å². The second-order valence-corrected chi connectivity index (χ2v) is 6.97. The van der Waals surface area contributed by atoms with Crippen molar-refractivity contribution in [2.45, 2.75) is 76.9 Å². The Morgan fingerprint density at radius 1 is 1.06 bits per heavy atom. The third-order valence-electron chi connectivity index (χ3n) is 1.29. The molecule has 0 aliphatic carbocycles. The smallest absolute Gasteiger partial charge is 0.412 e. The van der Waals surface area contributed by atoms with Gasteiger partial charge in [-0.25, -0.2) is 0 Å². The molecule has 0 aromatic carbocycles. The van der Waals surface area contributed by atoms with Gasteiger partial charge in [-0.2, -0.15) is 0 Å². The molecule has 1 unspecified atom stereocenters. The second-order valence-electron chi connectivity index (χ2n) is 5.17. The minimum atomic E-state index is -0.617. The molecule has 17 heavy (non-hydrogen) atoms. The Morgan fingerprint density at radius 3 is 1.53 bits per heavy atom. The van der Waals surface area contributed by atoms with Crippen molar-refractivity contribution in [2.75, 3.05) is 0 Å². The van der Waals surface area contributed by atoms with Gasteiger partial charge < -0.3 is 20.8 Å². The van der Waals surface area contributed by atoms with Gasteiger partial charge in [0.25, 0.3) is 0 Å². The molecule has 0 saturated heterocycles. The van der Waals surface area contributed by atoms with Crippen molar-refractivity contribution in [3.8, 4) is 0 Å². The van der Waals surface area contributed by atoms with Gasteiger partial charge in [0, 0.05) is 6.42 Å². The van der Waals surface area contributed by atoms with Crippen LogP contribution in [0.2, 0.25) is 4.22 Å². The quantitative estimate of drug-likeness (QED) is 0.796. The van der Waals surface area contributed by atoms with Gasteiger partial charge in [0.05, 0.1) is 17.8 Å². The van der Waals surface area contributed by atoms with Gasteiger partial charge in [0.2, 0.25) is 0 Å². The molecule has 0 radical (unpaired) electrons. The molecule has 0 aromatic rings. The molecule has 5 N–H and O–H groups in total. The van der Waals surface area contributed by atoms with Gasteiger partial charge in [-0.05, 0) is 34.6 Å². The van der Waals surface area contributed by atoms with Crippen LogP contribution in [-0.4, -0.2) is 33.9 Å². The van der Waals surface area contributed by atoms with Crippen LogP contribution < -0.4 is 0 Å². The summed E-state index contributed by atoms with van der Waals surface area (Å²) in [5.74, 6) is 0. The molecule has 5 heteroatoms. The van der Waals surface area contributed by atoms with E-state index >= 15 is 0 Å². The Morgan fingerprint density at radius 2 is 1.35 bits per heavy atom. The third-order valence-corrected chi connectivity index (χ3v) is 1.29. The van der Waals surface area contributed by atoms with E-state index in [1.165, 1.54) is 0 Å². The normalized spacial score (nSPS) is 12.1. The standard InChI is InChI=1S/C9H20O2.C3H7.2H2O.Ti/c1-7(2)11-8(3)6-9(4,5)10;1-3-2;;;/h7-8,10H,6H2,1-5H3;3H,1-2H3;2*1H2;. The molecule has 4 nitrogen and oxygen atoms in total. The summed E-state index contributed by atoms with van der Waals surface area (Å²) >= 11 is 2.17. The van der Waals surface area contributed by atoms with E-state index in [4.69, 9.17) is 4.74 Å². The Balaban J connectivity index is -0.000000123. The summed E-state index contributed by atoms with van der Waals surface area (Å²) in [5.41, 5.74) is -0.617. The average molecular weight is 287 g/mol. The second kappa shape index (κ2) is 13.0. The van der Waals surface area contributed by atoms with E-state index in [2.05, 4.69) is 34.3 Å². The van der Waals surface area contributed by atoms with Crippen LogP contribution in [0.15, 0.2) is 0 Å². The van der Waals surface area contributed by atoms with Gasteiger partial charge in [0.15, 0.2) is 0 Å². The molecular formula is C12H31O4Ti. The van der Waals surface area contributed by atoms with E-state index in [1.807, 2.05) is 20.8 Å². The van der Waals surface area contributed by atoms with E-state index in [-0.39, 0.29) is 23.2 Å². The fourth-order valence-corrected chi connectivity index (χ4v) is 1.22.